The summed E-state index contributed by atoms with van der Waals surface area (Å²) in [5.41, 5.74) is 0.850. The van der Waals surface area contributed by atoms with Crippen molar-refractivity contribution in [2.75, 3.05) is 0 Å². The van der Waals surface area contributed by atoms with Crippen LogP contribution in [0.2, 0.25) is 0 Å². The number of rotatable bonds is 4. The molecule has 0 N–H and O–H groups in total. The van der Waals surface area contributed by atoms with Crippen LogP contribution in [0, 0.1) is 12.7 Å². The predicted octanol–water partition coefficient (Wildman–Crippen LogP) is 4.22. The van der Waals surface area contributed by atoms with Crippen LogP contribution in [-0.4, -0.2) is 11.9 Å². The minimum Gasteiger partial charge on any atom is -0.452 e. The number of hydrogen-bond acceptors (Lipinski definition) is 5. The van der Waals surface area contributed by atoms with E-state index >= 15 is 0 Å². The molecule has 0 amide bonds. The zero-order valence-corrected chi connectivity index (χ0v) is 13.3. The molecule has 0 fully saturated rings. The third kappa shape index (κ3) is 2.78. The van der Waals surface area contributed by atoms with E-state index in [9.17, 15) is 14.0 Å². The number of halogens is 1. The molecule has 3 aromatic rings. The predicted molar refractivity (Wildman–Crippen MR) is 90.1 cm³/mol. The van der Waals surface area contributed by atoms with E-state index in [1.807, 2.05) is 0 Å². The van der Waals surface area contributed by atoms with Crippen molar-refractivity contribution in [1.82, 2.24) is 0 Å². The first-order chi connectivity index (χ1) is 12.0. The maximum absolute atomic E-state index is 14.6. The Hall–Kier alpha value is -3.41. The van der Waals surface area contributed by atoms with Gasteiger partial charge in [0.15, 0.2) is 11.3 Å². The molecule has 3 rings (SSSR count). The highest BCUT2D eigenvalue weighted by molar-refractivity contribution is 6.07. The fourth-order valence-electron chi connectivity index (χ4n) is 2.46. The van der Waals surface area contributed by atoms with Gasteiger partial charge < -0.3 is 13.9 Å². The van der Waals surface area contributed by atoms with Crippen molar-refractivity contribution in [2.24, 2.45) is 0 Å². The molecular weight excluding hydrogens is 327 g/mol. The van der Waals surface area contributed by atoms with Gasteiger partial charge in [-0.15, -0.1) is 0 Å². The standard InChI is InChI=1S/C19H13FO5/c1-4-15(21)23-13-8-6-11-12-7-9-14(24-16(22)5-2)17(20)19(12)25-18(11)10(13)3/h4-9H,1-2H2,3H3. The lowest BCUT2D eigenvalue weighted by Crippen LogP contribution is -2.04. The second kappa shape index (κ2) is 6.24. The number of esters is 2. The van der Waals surface area contributed by atoms with E-state index in [1.54, 1.807) is 25.1 Å². The van der Waals surface area contributed by atoms with Crippen molar-refractivity contribution in [2.45, 2.75) is 6.92 Å². The second-order valence-corrected chi connectivity index (χ2v) is 5.17. The van der Waals surface area contributed by atoms with E-state index in [0.717, 1.165) is 12.2 Å². The molecule has 5 nitrogen and oxygen atoms in total. The second-order valence-electron chi connectivity index (χ2n) is 5.17. The first kappa shape index (κ1) is 16.4. The van der Waals surface area contributed by atoms with E-state index in [0.29, 0.717) is 21.9 Å². The molecule has 0 saturated carbocycles. The number of fused-ring (bicyclic) bond motifs is 3. The fraction of sp³-hybridized carbons (Fsp3) is 0.0526. The van der Waals surface area contributed by atoms with Crippen LogP contribution in [0.25, 0.3) is 21.9 Å². The molecule has 0 atom stereocenters. The van der Waals surface area contributed by atoms with Gasteiger partial charge in [0, 0.05) is 28.5 Å². The van der Waals surface area contributed by atoms with Crippen LogP contribution in [0.4, 0.5) is 4.39 Å². The molecule has 0 aliphatic heterocycles. The number of benzene rings is 2. The van der Waals surface area contributed by atoms with E-state index in [4.69, 9.17) is 13.9 Å². The van der Waals surface area contributed by atoms with Crippen LogP contribution in [0.5, 0.6) is 11.5 Å². The van der Waals surface area contributed by atoms with Crippen molar-refractivity contribution in [1.29, 1.82) is 0 Å². The summed E-state index contributed by atoms with van der Waals surface area (Å²) in [4.78, 5) is 22.7. The zero-order valence-electron chi connectivity index (χ0n) is 13.3. The summed E-state index contributed by atoms with van der Waals surface area (Å²) in [5.74, 6) is -2.15. The van der Waals surface area contributed by atoms with Crippen molar-refractivity contribution in [3.63, 3.8) is 0 Å². The molecule has 6 heteroatoms. The first-order valence-corrected chi connectivity index (χ1v) is 7.29. The molecule has 0 aliphatic rings. The van der Waals surface area contributed by atoms with Crippen molar-refractivity contribution >= 4 is 33.9 Å². The van der Waals surface area contributed by atoms with Crippen molar-refractivity contribution < 1.29 is 27.9 Å². The average Bonchev–Trinajstić information content (AvgIpc) is 2.99. The highest BCUT2D eigenvalue weighted by Gasteiger charge is 2.19. The van der Waals surface area contributed by atoms with Crippen LogP contribution in [0.1, 0.15) is 5.56 Å². The van der Waals surface area contributed by atoms with Gasteiger partial charge in [-0.1, -0.05) is 13.2 Å². The Balaban J connectivity index is 2.18. The number of hydrogen-bond donors (Lipinski definition) is 0. The Morgan fingerprint density at radius 3 is 2.08 bits per heavy atom. The first-order valence-electron chi connectivity index (χ1n) is 7.29. The lowest BCUT2D eigenvalue weighted by molar-refractivity contribution is -0.130. The lowest BCUT2D eigenvalue weighted by Gasteiger charge is -2.05. The summed E-state index contributed by atoms with van der Waals surface area (Å²) in [7, 11) is 0. The normalized spacial score (nSPS) is 10.6. The quantitative estimate of drug-likeness (QED) is 0.404. The van der Waals surface area contributed by atoms with Gasteiger partial charge in [0.2, 0.25) is 5.82 Å². The summed E-state index contributed by atoms with van der Waals surface area (Å²) >= 11 is 0. The molecule has 2 aromatic carbocycles. The zero-order chi connectivity index (χ0) is 18.1. The van der Waals surface area contributed by atoms with Gasteiger partial charge in [-0.3, -0.25) is 0 Å². The molecule has 126 valence electrons. The van der Waals surface area contributed by atoms with Crippen LogP contribution in [0.15, 0.2) is 54.0 Å². The fourth-order valence-corrected chi connectivity index (χ4v) is 2.46. The van der Waals surface area contributed by atoms with E-state index < -0.39 is 17.8 Å². The largest absolute Gasteiger partial charge is 0.452 e. The molecule has 0 bridgehead atoms. The Morgan fingerprint density at radius 2 is 1.48 bits per heavy atom. The Kier molecular flexibility index (Phi) is 4.10. The summed E-state index contributed by atoms with van der Waals surface area (Å²) in [5, 5.41) is 1.15. The van der Waals surface area contributed by atoms with E-state index in [2.05, 4.69) is 13.2 Å². The monoisotopic (exact) mass is 340 g/mol. The summed E-state index contributed by atoms with van der Waals surface area (Å²) in [6, 6.07) is 6.19. The SMILES string of the molecule is C=CC(=O)Oc1ccc2c(oc3c(F)c(OC(=O)C=C)ccc32)c1C. The van der Waals surface area contributed by atoms with Crippen LogP contribution in [0.3, 0.4) is 0 Å². The van der Waals surface area contributed by atoms with Gasteiger partial charge in [0.1, 0.15) is 11.3 Å². The minimum absolute atomic E-state index is 0.0559. The van der Waals surface area contributed by atoms with E-state index in [-0.39, 0.29) is 17.1 Å². The third-order valence-electron chi connectivity index (χ3n) is 3.67. The topological polar surface area (TPSA) is 65.7 Å². The molecule has 0 radical (unpaired) electrons. The Morgan fingerprint density at radius 1 is 0.960 bits per heavy atom. The molecule has 0 unspecified atom stereocenters. The van der Waals surface area contributed by atoms with Crippen LogP contribution in [-0.2, 0) is 9.59 Å². The van der Waals surface area contributed by atoms with Gasteiger partial charge in [0.25, 0.3) is 0 Å². The van der Waals surface area contributed by atoms with Crippen molar-refractivity contribution in [3.8, 4) is 11.5 Å². The summed E-state index contributed by atoms with van der Waals surface area (Å²) < 4.78 is 30.2. The molecule has 0 spiro atoms. The molecule has 1 aromatic heterocycles. The van der Waals surface area contributed by atoms with Gasteiger partial charge in [-0.05, 0) is 31.2 Å². The van der Waals surface area contributed by atoms with Crippen molar-refractivity contribution in [3.05, 3.63) is 61.0 Å². The molecule has 1 heterocycles. The number of carbonyl (C=O) groups excluding carboxylic acids is 2. The maximum atomic E-state index is 14.6. The van der Waals surface area contributed by atoms with Gasteiger partial charge in [-0.25, -0.2) is 9.59 Å². The molecular formula is C19H13FO5. The highest BCUT2D eigenvalue weighted by Crippen LogP contribution is 2.38. The average molecular weight is 340 g/mol. The smallest absolute Gasteiger partial charge is 0.335 e. The lowest BCUT2D eigenvalue weighted by atomic mass is 10.1. The number of ether oxygens (including phenoxy) is 2. The maximum Gasteiger partial charge on any atom is 0.335 e. The highest BCUT2D eigenvalue weighted by atomic mass is 19.1. The minimum atomic E-state index is -0.798. The van der Waals surface area contributed by atoms with Crippen LogP contribution >= 0.6 is 0 Å². The Labute approximate surface area is 141 Å². The third-order valence-corrected chi connectivity index (χ3v) is 3.67. The van der Waals surface area contributed by atoms with Gasteiger partial charge in [-0.2, -0.15) is 4.39 Å². The molecule has 0 aliphatic carbocycles. The number of carbonyl (C=O) groups is 2. The number of aryl methyl sites for hydroxylation is 1. The molecule has 25 heavy (non-hydrogen) atoms. The number of furan rings is 1. The van der Waals surface area contributed by atoms with Gasteiger partial charge >= 0.3 is 11.9 Å². The Bertz CT molecular complexity index is 963. The van der Waals surface area contributed by atoms with E-state index in [1.165, 1.54) is 6.07 Å². The van der Waals surface area contributed by atoms with Gasteiger partial charge in [0.05, 0.1) is 0 Å². The summed E-state index contributed by atoms with van der Waals surface area (Å²) in [6.07, 6.45) is 1.98. The summed E-state index contributed by atoms with van der Waals surface area (Å²) in [6.45, 7) is 8.29. The molecule has 0 saturated heterocycles. The van der Waals surface area contributed by atoms with Crippen LogP contribution < -0.4 is 9.47 Å².